The molecule has 3 aromatic rings. The number of hydrogen-bond acceptors (Lipinski definition) is 3. The van der Waals surface area contributed by atoms with Gasteiger partial charge < -0.3 is 4.74 Å². The number of pyridine rings is 1. The maximum atomic E-state index is 13.1. The van der Waals surface area contributed by atoms with Crippen LogP contribution in [0.1, 0.15) is 40.7 Å². The number of aryl methyl sites for hydroxylation is 3. The highest BCUT2D eigenvalue weighted by molar-refractivity contribution is 5.66. The van der Waals surface area contributed by atoms with E-state index in [1.54, 1.807) is 11.6 Å². The summed E-state index contributed by atoms with van der Waals surface area (Å²) in [6.07, 6.45) is -3.71. The minimum Gasteiger partial charge on any atom is -0.373 e. The van der Waals surface area contributed by atoms with E-state index in [1.807, 2.05) is 32.9 Å². The average Bonchev–Trinajstić information content (AvgIpc) is 2.98. The number of rotatable bonds is 2. The number of hydrogen-bond donors (Lipinski definition) is 0. The molecule has 1 aromatic carbocycles. The molecule has 7 heteroatoms. The number of aromatic nitrogens is 3. The van der Waals surface area contributed by atoms with E-state index >= 15 is 0 Å². The van der Waals surface area contributed by atoms with Gasteiger partial charge in [-0.3, -0.25) is 4.98 Å². The fourth-order valence-corrected chi connectivity index (χ4v) is 3.88. The van der Waals surface area contributed by atoms with Crippen molar-refractivity contribution in [2.24, 2.45) is 0 Å². The number of fused-ring (bicyclic) bond motifs is 1. The van der Waals surface area contributed by atoms with Crippen LogP contribution in [0.15, 0.2) is 30.3 Å². The third-order valence-electron chi connectivity index (χ3n) is 5.19. The van der Waals surface area contributed by atoms with Crippen molar-refractivity contribution < 1.29 is 17.9 Å². The fraction of sp³-hybridized carbons (Fsp3) is 0.364. The lowest BCUT2D eigenvalue weighted by molar-refractivity contribution is -0.137. The molecular formula is C22H22F3N3O. The highest BCUT2D eigenvalue weighted by atomic mass is 19.4. The Morgan fingerprint density at radius 3 is 2.38 bits per heavy atom. The van der Waals surface area contributed by atoms with Crippen LogP contribution in [0.5, 0.6) is 0 Å². The van der Waals surface area contributed by atoms with Gasteiger partial charge in [-0.15, -0.1) is 0 Å². The van der Waals surface area contributed by atoms with Gasteiger partial charge in [-0.05, 0) is 63.6 Å². The van der Waals surface area contributed by atoms with Crippen LogP contribution in [0.3, 0.4) is 0 Å². The Bertz CT molecular complexity index is 1070. The largest absolute Gasteiger partial charge is 0.416 e. The van der Waals surface area contributed by atoms with Gasteiger partial charge >= 0.3 is 6.18 Å². The maximum absolute atomic E-state index is 13.1. The van der Waals surface area contributed by atoms with Crippen molar-refractivity contribution in [1.29, 1.82) is 0 Å². The van der Waals surface area contributed by atoms with E-state index in [9.17, 15) is 13.2 Å². The number of ether oxygens (including phenoxy) is 1. The second-order valence-electron chi connectivity index (χ2n) is 7.65. The minimum absolute atomic E-state index is 0.0152. The number of alkyl halides is 3. The molecular weight excluding hydrogens is 379 g/mol. The molecule has 0 fully saturated rings. The lowest BCUT2D eigenvalue weighted by Gasteiger charge is -2.22. The number of halogens is 3. The molecule has 0 amide bonds. The summed E-state index contributed by atoms with van der Waals surface area (Å²) in [5, 5.41) is 4.83. The topological polar surface area (TPSA) is 39.9 Å². The molecule has 0 aliphatic carbocycles. The van der Waals surface area contributed by atoms with E-state index in [-0.39, 0.29) is 6.10 Å². The van der Waals surface area contributed by atoms with Gasteiger partial charge in [-0.2, -0.15) is 18.3 Å². The van der Waals surface area contributed by atoms with Gasteiger partial charge in [0.1, 0.15) is 0 Å². The van der Waals surface area contributed by atoms with Crippen LogP contribution >= 0.6 is 0 Å². The second-order valence-corrected chi connectivity index (χ2v) is 7.65. The Morgan fingerprint density at radius 1 is 1.07 bits per heavy atom. The maximum Gasteiger partial charge on any atom is 0.416 e. The summed E-state index contributed by atoms with van der Waals surface area (Å²) in [6.45, 7) is 7.95. The molecule has 152 valence electrons. The van der Waals surface area contributed by atoms with Crippen LogP contribution in [0.25, 0.3) is 16.9 Å². The zero-order chi connectivity index (χ0) is 20.9. The molecule has 0 radical (unpaired) electrons. The molecule has 29 heavy (non-hydrogen) atoms. The zero-order valence-corrected chi connectivity index (χ0v) is 16.8. The Labute approximate surface area is 167 Å². The van der Waals surface area contributed by atoms with Crippen molar-refractivity contribution in [3.05, 3.63) is 64.1 Å². The highest BCUT2D eigenvalue weighted by Gasteiger charge is 2.32. The molecule has 4 nitrogen and oxygen atoms in total. The first-order valence-corrected chi connectivity index (χ1v) is 9.49. The third-order valence-corrected chi connectivity index (χ3v) is 5.19. The van der Waals surface area contributed by atoms with Crippen molar-refractivity contribution in [3.63, 3.8) is 0 Å². The predicted octanol–water partition coefficient (Wildman–Crippen LogP) is 5.34. The molecule has 2 aromatic heterocycles. The molecule has 0 N–H and O–H groups in total. The van der Waals surface area contributed by atoms with Crippen LogP contribution in [-0.2, 0) is 23.9 Å². The van der Waals surface area contributed by atoms with Gasteiger partial charge in [0, 0.05) is 28.9 Å². The molecule has 0 saturated carbocycles. The smallest absolute Gasteiger partial charge is 0.373 e. The van der Waals surface area contributed by atoms with E-state index in [4.69, 9.17) is 9.84 Å². The first-order chi connectivity index (χ1) is 13.6. The molecule has 1 aliphatic heterocycles. The summed E-state index contributed by atoms with van der Waals surface area (Å²) in [5.74, 6) is 0. The Morgan fingerprint density at radius 2 is 1.76 bits per heavy atom. The fourth-order valence-electron chi connectivity index (χ4n) is 3.88. The van der Waals surface area contributed by atoms with Gasteiger partial charge in [0.25, 0.3) is 0 Å². The first-order valence-electron chi connectivity index (χ1n) is 9.49. The standard InChI is InChI=1S/C22H22F3N3O/c1-12-7-17(22(23,24)25)5-6-19(12)28-20-10-15(4)29-11-18(20)21(27-28)16-8-13(2)26-14(3)9-16/h5-9,15H,10-11H2,1-4H3. The van der Waals surface area contributed by atoms with Crippen molar-refractivity contribution in [3.8, 4) is 16.9 Å². The molecule has 1 aliphatic rings. The van der Waals surface area contributed by atoms with Crippen LogP contribution in [0, 0.1) is 20.8 Å². The van der Waals surface area contributed by atoms with Crippen molar-refractivity contribution >= 4 is 0 Å². The summed E-state index contributed by atoms with van der Waals surface area (Å²) < 4.78 is 46.9. The molecule has 3 heterocycles. The van der Waals surface area contributed by atoms with E-state index in [2.05, 4.69) is 4.98 Å². The molecule has 1 atom stereocenters. The Kier molecular flexibility index (Phi) is 4.73. The van der Waals surface area contributed by atoms with Crippen molar-refractivity contribution in [2.75, 3.05) is 0 Å². The summed E-state index contributed by atoms with van der Waals surface area (Å²) in [5.41, 5.74) is 5.99. The zero-order valence-electron chi connectivity index (χ0n) is 16.8. The minimum atomic E-state index is -4.37. The third kappa shape index (κ3) is 3.67. The van der Waals surface area contributed by atoms with Crippen molar-refractivity contribution in [1.82, 2.24) is 14.8 Å². The monoisotopic (exact) mass is 401 g/mol. The van der Waals surface area contributed by atoms with E-state index in [1.165, 1.54) is 12.1 Å². The predicted molar refractivity (Wildman–Crippen MR) is 104 cm³/mol. The van der Waals surface area contributed by atoms with Crippen molar-refractivity contribution in [2.45, 2.75) is 53.0 Å². The average molecular weight is 401 g/mol. The van der Waals surface area contributed by atoms with E-state index in [0.717, 1.165) is 40.0 Å². The number of nitrogens with zero attached hydrogens (tertiary/aromatic N) is 3. The van der Waals surface area contributed by atoms with Gasteiger partial charge in [0.15, 0.2) is 0 Å². The molecule has 1 unspecified atom stereocenters. The second kappa shape index (κ2) is 6.99. The van der Waals surface area contributed by atoms with Crippen LogP contribution in [-0.4, -0.2) is 20.9 Å². The number of benzene rings is 1. The quantitative estimate of drug-likeness (QED) is 0.582. The van der Waals surface area contributed by atoms with Crippen LogP contribution < -0.4 is 0 Å². The van der Waals surface area contributed by atoms with E-state index in [0.29, 0.717) is 24.3 Å². The summed E-state index contributed by atoms with van der Waals surface area (Å²) >= 11 is 0. The first kappa shape index (κ1) is 19.6. The molecule has 4 rings (SSSR count). The normalized spacial score (nSPS) is 16.7. The molecule has 0 bridgehead atoms. The summed E-state index contributed by atoms with van der Waals surface area (Å²) in [4.78, 5) is 4.42. The van der Waals surface area contributed by atoms with Gasteiger partial charge in [-0.1, -0.05) is 0 Å². The summed E-state index contributed by atoms with van der Waals surface area (Å²) in [7, 11) is 0. The SMILES string of the molecule is Cc1cc(-c2nn(-c3ccc(C(F)(F)F)cc3C)c3c2COC(C)C3)cc(C)n1. The van der Waals surface area contributed by atoms with Crippen LogP contribution in [0.2, 0.25) is 0 Å². The Hall–Kier alpha value is -2.67. The molecule has 0 saturated heterocycles. The van der Waals surface area contributed by atoms with Gasteiger partial charge in [-0.25, -0.2) is 4.68 Å². The van der Waals surface area contributed by atoms with E-state index < -0.39 is 11.7 Å². The highest BCUT2D eigenvalue weighted by Crippen LogP contribution is 2.35. The molecule has 0 spiro atoms. The summed E-state index contributed by atoms with van der Waals surface area (Å²) in [6, 6.07) is 7.72. The Balaban J connectivity index is 1.90. The van der Waals surface area contributed by atoms with Gasteiger partial charge in [0.05, 0.1) is 35.3 Å². The lowest BCUT2D eigenvalue weighted by atomic mass is 10.0. The van der Waals surface area contributed by atoms with Crippen LogP contribution in [0.4, 0.5) is 13.2 Å². The van der Waals surface area contributed by atoms with Gasteiger partial charge in [0.2, 0.25) is 0 Å². The lowest BCUT2D eigenvalue weighted by Crippen LogP contribution is -2.21.